The standard InChI is InChI=1S/C13H25N3/c1-11(6-8-13(2,3)4)14-10-12-7-9-15-16(12)5/h7,9,11,14H,6,8,10H2,1-5H3. The van der Waals surface area contributed by atoms with Gasteiger partial charge in [-0.3, -0.25) is 4.68 Å². The Hall–Kier alpha value is -0.830. The summed E-state index contributed by atoms with van der Waals surface area (Å²) in [5.74, 6) is 0. The van der Waals surface area contributed by atoms with Crippen molar-refractivity contribution in [3.63, 3.8) is 0 Å². The predicted octanol–water partition coefficient (Wildman–Crippen LogP) is 2.72. The maximum atomic E-state index is 4.16. The molecule has 1 atom stereocenters. The zero-order valence-electron chi connectivity index (χ0n) is 11.2. The lowest BCUT2D eigenvalue weighted by molar-refractivity contribution is 0.335. The molecule has 1 N–H and O–H groups in total. The molecule has 0 spiro atoms. The molecule has 0 saturated carbocycles. The van der Waals surface area contributed by atoms with Gasteiger partial charge in [-0.15, -0.1) is 0 Å². The van der Waals surface area contributed by atoms with Crippen LogP contribution in [0.2, 0.25) is 0 Å². The Kier molecular flexibility index (Phi) is 4.54. The Balaban J connectivity index is 2.25. The highest BCUT2D eigenvalue weighted by Gasteiger charge is 2.12. The van der Waals surface area contributed by atoms with Gasteiger partial charge in [-0.25, -0.2) is 0 Å². The third-order valence-electron chi connectivity index (χ3n) is 2.88. The van der Waals surface area contributed by atoms with Crippen molar-refractivity contribution in [2.45, 2.75) is 53.1 Å². The van der Waals surface area contributed by atoms with E-state index in [2.05, 4.69) is 44.2 Å². The average Bonchev–Trinajstić information content (AvgIpc) is 2.57. The van der Waals surface area contributed by atoms with Crippen LogP contribution in [0.1, 0.15) is 46.2 Å². The first-order valence-electron chi connectivity index (χ1n) is 6.09. The molecule has 0 aliphatic carbocycles. The van der Waals surface area contributed by atoms with Crippen LogP contribution in [-0.2, 0) is 13.6 Å². The molecule has 3 heteroatoms. The van der Waals surface area contributed by atoms with E-state index >= 15 is 0 Å². The first kappa shape index (κ1) is 13.2. The summed E-state index contributed by atoms with van der Waals surface area (Å²) in [6.07, 6.45) is 4.32. The predicted molar refractivity (Wildman–Crippen MR) is 68.2 cm³/mol. The molecule has 0 amide bonds. The molecular weight excluding hydrogens is 198 g/mol. The maximum Gasteiger partial charge on any atom is 0.0518 e. The van der Waals surface area contributed by atoms with Gasteiger partial charge >= 0.3 is 0 Å². The zero-order chi connectivity index (χ0) is 12.2. The molecule has 1 heterocycles. The van der Waals surface area contributed by atoms with Crippen molar-refractivity contribution in [2.24, 2.45) is 12.5 Å². The van der Waals surface area contributed by atoms with Crippen LogP contribution in [0, 0.1) is 5.41 Å². The number of aryl methyl sites for hydroxylation is 1. The van der Waals surface area contributed by atoms with E-state index in [1.54, 1.807) is 0 Å². The molecule has 0 saturated heterocycles. The Bertz CT molecular complexity index is 309. The summed E-state index contributed by atoms with van der Waals surface area (Å²) in [7, 11) is 1.98. The Morgan fingerprint density at radius 1 is 1.44 bits per heavy atom. The number of aromatic nitrogens is 2. The van der Waals surface area contributed by atoms with Crippen molar-refractivity contribution >= 4 is 0 Å². The van der Waals surface area contributed by atoms with Gasteiger partial charge in [0.15, 0.2) is 0 Å². The van der Waals surface area contributed by atoms with Gasteiger partial charge in [-0.2, -0.15) is 5.10 Å². The van der Waals surface area contributed by atoms with Crippen molar-refractivity contribution < 1.29 is 0 Å². The molecule has 0 bridgehead atoms. The highest BCUT2D eigenvalue weighted by atomic mass is 15.3. The summed E-state index contributed by atoms with van der Waals surface area (Å²) < 4.78 is 1.92. The van der Waals surface area contributed by atoms with Crippen LogP contribution >= 0.6 is 0 Å². The van der Waals surface area contributed by atoms with E-state index in [0.29, 0.717) is 11.5 Å². The number of nitrogens with zero attached hydrogens (tertiary/aromatic N) is 2. The molecule has 1 unspecified atom stereocenters. The first-order valence-corrected chi connectivity index (χ1v) is 6.09. The number of rotatable bonds is 5. The lowest BCUT2D eigenvalue weighted by atomic mass is 9.89. The van der Waals surface area contributed by atoms with E-state index in [9.17, 15) is 0 Å². The minimum absolute atomic E-state index is 0.433. The van der Waals surface area contributed by atoms with Gasteiger partial charge in [-0.1, -0.05) is 20.8 Å². The molecule has 0 radical (unpaired) electrons. The van der Waals surface area contributed by atoms with Gasteiger partial charge < -0.3 is 5.32 Å². The second kappa shape index (κ2) is 5.48. The second-order valence-corrected chi connectivity index (χ2v) is 5.83. The second-order valence-electron chi connectivity index (χ2n) is 5.83. The van der Waals surface area contributed by atoms with Gasteiger partial charge in [0.2, 0.25) is 0 Å². The Morgan fingerprint density at radius 3 is 2.62 bits per heavy atom. The average molecular weight is 223 g/mol. The fourth-order valence-electron chi connectivity index (χ4n) is 1.61. The Morgan fingerprint density at radius 2 is 2.12 bits per heavy atom. The quantitative estimate of drug-likeness (QED) is 0.832. The van der Waals surface area contributed by atoms with E-state index in [1.807, 2.05) is 17.9 Å². The molecule has 92 valence electrons. The molecule has 16 heavy (non-hydrogen) atoms. The van der Waals surface area contributed by atoms with Crippen molar-refractivity contribution in [3.8, 4) is 0 Å². The molecular formula is C13H25N3. The van der Waals surface area contributed by atoms with E-state index in [1.165, 1.54) is 18.5 Å². The molecule has 1 aromatic rings. The SMILES string of the molecule is CC(CCC(C)(C)C)NCc1ccnn1C. The highest BCUT2D eigenvalue weighted by Crippen LogP contribution is 2.21. The minimum atomic E-state index is 0.433. The van der Waals surface area contributed by atoms with Crippen LogP contribution in [0.25, 0.3) is 0 Å². The van der Waals surface area contributed by atoms with Crippen LogP contribution in [-0.4, -0.2) is 15.8 Å². The fourth-order valence-corrected chi connectivity index (χ4v) is 1.61. The van der Waals surface area contributed by atoms with Crippen molar-refractivity contribution in [1.29, 1.82) is 0 Å². The van der Waals surface area contributed by atoms with Gasteiger partial charge in [0.05, 0.1) is 5.69 Å². The Labute approximate surface area is 99.2 Å². The zero-order valence-corrected chi connectivity index (χ0v) is 11.2. The molecule has 0 aliphatic rings. The largest absolute Gasteiger partial charge is 0.309 e. The molecule has 3 nitrogen and oxygen atoms in total. The third-order valence-corrected chi connectivity index (χ3v) is 2.88. The summed E-state index contributed by atoms with van der Waals surface area (Å²) in [6, 6.07) is 2.62. The van der Waals surface area contributed by atoms with Gasteiger partial charge in [0, 0.05) is 25.8 Å². The van der Waals surface area contributed by atoms with Gasteiger partial charge in [0.1, 0.15) is 0 Å². The van der Waals surface area contributed by atoms with Crippen molar-refractivity contribution in [2.75, 3.05) is 0 Å². The molecule has 0 aliphatic heterocycles. The lowest BCUT2D eigenvalue weighted by Gasteiger charge is -2.21. The summed E-state index contributed by atoms with van der Waals surface area (Å²) >= 11 is 0. The van der Waals surface area contributed by atoms with E-state index in [0.717, 1.165) is 6.54 Å². The first-order chi connectivity index (χ1) is 7.38. The van der Waals surface area contributed by atoms with Crippen LogP contribution in [0.3, 0.4) is 0 Å². The van der Waals surface area contributed by atoms with Crippen molar-refractivity contribution in [1.82, 2.24) is 15.1 Å². The van der Waals surface area contributed by atoms with Crippen LogP contribution in [0.4, 0.5) is 0 Å². The number of hydrogen-bond donors (Lipinski definition) is 1. The molecule has 1 rings (SSSR count). The normalized spacial score (nSPS) is 14.1. The lowest BCUT2D eigenvalue weighted by Crippen LogP contribution is -2.27. The molecule has 1 aromatic heterocycles. The minimum Gasteiger partial charge on any atom is -0.309 e. The monoisotopic (exact) mass is 223 g/mol. The van der Waals surface area contributed by atoms with Crippen LogP contribution < -0.4 is 5.32 Å². The summed E-state index contributed by atoms with van der Waals surface area (Å²) in [5, 5.41) is 7.69. The summed E-state index contributed by atoms with van der Waals surface area (Å²) in [6.45, 7) is 10.0. The van der Waals surface area contributed by atoms with Crippen LogP contribution in [0.15, 0.2) is 12.3 Å². The molecule has 0 aromatic carbocycles. The van der Waals surface area contributed by atoms with Crippen LogP contribution in [0.5, 0.6) is 0 Å². The maximum absolute atomic E-state index is 4.16. The van der Waals surface area contributed by atoms with Crippen molar-refractivity contribution in [3.05, 3.63) is 18.0 Å². The number of hydrogen-bond acceptors (Lipinski definition) is 2. The van der Waals surface area contributed by atoms with Gasteiger partial charge in [0.25, 0.3) is 0 Å². The number of nitrogens with one attached hydrogen (secondary N) is 1. The summed E-state index contributed by atoms with van der Waals surface area (Å²) in [4.78, 5) is 0. The third kappa shape index (κ3) is 4.79. The van der Waals surface area contributed by atoms with E-state index in [-0.39, 0.29) is 0 Å². The fraction of sp³-hybridized carbons (Fsp3) is 0.769. The highest BCUT2D eigenvalue weighted by molar-refractivity contribution is 4.99. The van der Waals surface area contributed by atoms with E-state index in [4.69, 9.17) is 0 Å². The summed E-state index contributed by atoms with van der Waals surface area (Å²) in [5.41, 5.74) is 1.67. The van der Waals surface area contributed by atoms with Gasteiger partial charge in [-0.05, 0) is 31.2 Å². The van der Waals surface area contributed by atoms with E-state index < -0.39 is 0 Å². The smallest absolute Gasteiger partial charge is 0.0518 e. The topological polar surface area (TPSA) is 29.9 Å². The molecule has 0 fully saturated rings.